The van der Waals surface area contributed by atoms with E-state index in [0.29, 0.717) is 5.92 Å². The molecule has 0 unspecified atom stereocenters. The minimum absolute atomic E-state index is 0.498. The van der Waals surface area contributed by atoms with Gasteiger partial charge in [-0.05, 0) is 23.6 Å². The Morgan fingerprint density at radius 2 is 2.14 bits per heavy atom. The van der Waals surface area contributed by atoms with Crippen molar-refractivity contribution in [2.75, 3.05) is 0 Å². The lowest BCUT2D eigenvalue weighted by molar-refractivity contribution is 0.832. The third-order valence-corrected chi connectivity index (χ3v) is 2.18. The zero-order chi connectivity index (χ0) is 9.97. The largest absolute Gasteiger partial charge is 0.262 e. The molecule has 0 atom stereocenters. The molecule has 72 valence electrons. The Bertz CT molecular complexity index is 404. The van der Waals surface area contributed by atoms with Crippen LogP contribution in [-0.2, 0) is 0 Å². The van der Waals surface area contributed by atoms with Gasteiger partial charge >= 0.3 is 0 Å². The van der Waals surface area contributed by atoms with Crippen molar-refractivity contribution in [2.45, 2.75) is 19.8 Å². The van der Waals surface area contributed by atoms with Gasteiger partial charge < -0.3 is 0 Å². The Balaban J connectivity index is 2.41. The van der Waals surface area contributed by atoms with Crippen LogP contribution in [0.5, 0.6) is 0 Å². The molecule has 0 aliphatic heterocycles. The van der Waals surface area contributed by atoms with E-state index in [-0.39, 0.29) is 0 Å². The van der Waals surface area contributed by atoms with Crippen molar-refractivity contribution in [3.63, 3.8) is 0 Å². The first-order valence-electron chi connectivity index (χ1n) is 4.72. The second-order valence-electron chi connectivity index (χ2n) is 3.58. The van der Waals surface area contributed by atoms with Crippen LogP contribution in [0, 0.1) is 0 Å². The summed E-state index contributed by atoms with van der Waals surface area (Å²) in [5, 5.41) is 4.16. The highest BCUT2D eigenvalue weighted by atomic mass is 15.3. The van der Waals surface area contributed by atoms with Gasteiger partial charge in [0, 0.05) is 18.6 Å². The predicted octanol–water partition coefficient (Wildman–Crippen LogP) is 2.39. The second-order valence-corrected chi connectivity index (χ2v) is 3.58. The fraction of sp³-hybridized carbons (Fsp3) is 0.273. The first-order chi connectivity index (χ1) is 6.77. The molecule has 3 nitrogen and oxygen atoms in total. The Hall–Kier alpha value is -1.64. The average Bonchev–Trinajstić information content (AvgIpc) is 2.71. The van der Waals surface area contributed by atoms with Gasteiger partial charge in [-0.1, -0.05) is 13.8 Å². The molecule has 0 spiro atoms. The molecule has 0 aromatic carbocycles. The SMILES string of the molecule is CC(C)c1cncc(-n2cccn2)c1. The van der Waals surface area contributed by atoms with E-state index >= 15 is 0 Å². The minimum Gasteiger partial charge on any atom is -0.262 e. The zero-order valence-corrected chi connectivity index (χ0v) is 8.38. The van der Waals surface area contributed by atoms with Crippen LogP contribution in [0.2, 0.25) is 0 Å². The van der Waals surface area contributed by atoms with Gasteiger partial charge in [-0.3, -0.25) is 4.98 Å². The molecule has 0 amide bonds. The second kappa shape index (κ2) is 3.62. The maximum absolute atomic E-state index is 4.20. The molecule has 0 aliphatic rings. The number of nitrogens with zero attached hydrogens (tertiary/aromatic N) is 3. The summed E-state index contributed by atoms with van der Waals surface area (Å²) >= 11 is 0. The van der Waals surface area contributed by atoms with E-state index in [9.17, 15) is 0 Å². The van der Waals surface area contributed by atoms with Gasteiger partial charge in [0.1, 0.15) is 0 Å². The van der Waals surface area contributed by atoms with Crippen molar-refractivity contribution in [2.24, 2.45) is 0 Å². The Kier molecular flexibility index (Phi) is 2.31. The summed E-state index contributed by atoms with van der Waals surface area (Å²) in [6.07, 6.45) is 7.40. The predicted molar refractivity (Wildman–Crippen MR) is 55.4 cm³/mol. The fourth-order valence-corrected chi connectivity index (χ4v) is 1.31. The van der Waals surface area contributed by atoms with Crippen LogP contribution in [0.15, 0.2) is 36.9 Å². The van der Waals surface area contributed by atoms with E-state index in [1.165, 1.54) is 5.56 Å². The summed E-state index contributed by atoms with van der Waals surface area (Å²) in [5.41, 5.74) is 2.25. The highest BCUT2D eigenvalue weighted by Crippen LogP contribution is 2.15. The molecule has 0 saturated carbocycles. The maximum atomic E-state index is 4.20. The normalized spacial score (nSPS) is 10.8. The topological polar surface area (TPSA) is 30.7 Å². The van der Waals surface area contributed by atoms with Crippen LogP contribution in [0.3, 0.4) is 0 Å². The maximum Gasteiger partial charge on any atom is 0.0831 e. The smallest absolute Gasteiger partial charge is 0.0831 e. The monoisotopic (exact) mass is 187 g/mol. The highest BCUT2D eigenvalue weighted by Gasteiger charge is 2.02. The van der Waals surface area contributed by atoms with Crippen molar-refractivity contribution >= 4 is 0 Å². The third-order valence-electron chi connectivity index (χ3n) is 2.18. The van der Waals surface area contributed by atoms with E-state index < -0.39 is 0 Å². The lowest BCUT2D eigenvalue weighted by Gasteiger charge is -2.06. The molecule has 2 aromatic rings. The standard InChI is InChI=1S/C11H13N3/c1-9(2)10-6-11(8-12-7-10)14-5-3-4-13-14/h3-9H,1-2H3. The van der Waals surface area contributed by atoms with Gasteiger partial charge in [-0.25, -0.2) is 4.68 Å². The number of hydrogen-bond acceptors (Lipinski definition) is 2. The van der Waals surface area contributed by atoms with Crippen LogP contribution in [-0.4, -0.2) is 14.8 Å². The fourth-order valence-electron chi connectivity index (χ4n) is 1.31. The molecule has 14 heavy (non-hydrogen) atoms. The molecule has 3 heteroatoms. The lowest BCUT2D eigenvalue weighted by Crippen LogP contribution is -1.97. The minimum atomic E-state index is 0.498. The molecule has 2 aromatic heterocycles. The molecule has 0 bridgehead atoms. The van der Waals surface area contributed by atoms with Gasteiger partial charge in [-0.15, -0.1) is 0 Å². The van der Waals surface area contributed by atoms with Gasteiger partial charge in [-0.2, -0.15) is 5.10 Å². The van der Waals surface area contributed by atoms with Gasteiger partial charge in [0.15, 0.2) is 0 Å². The van der Waals surface area contributed by atoms with E-state index in [1.54, 1.807) is 6.20 Å². The van der Waals surface area contributed by atoms with Crippen LogP contribution in [0.25, 0.3) is 5.69 Å². The number of pyridine rings is 1. The summed E-state index contributed by atoms with van der Waals surface area (Å²) < 4.78 is 1.82. The molecule has 0 aliphatic carbocycles. The molecule has 2 rings (SSSR count). The van der Waals surface area contributed by atoms with Crippen LogP contribution < -0.4 is 0 Å². The first-order valence-corrected chi connectivity index (χ1v) is 4.72. The van der Waals surface area contributed by atoms with Crippen molar-refractivity contribution in [1.29, 1.82) is 0 Å². The number of aromatic nitrogens is 3. The van der Waals surface area contributed by atoms with Crippen LogP contribution in [0.1, 0.15) is 25.3 Å². The first kappa shape index (κ1) is 8.94. The summed E-state index contributed by atoms with van der Waals surface area (Å²) in [5.74, 6) is 0.498. The van der Waals surface area contributed by atoms with E-state index in [2.05, 4.69) is 30.0 Å². The molecule has 0 saturated heterocycles. The van der Waals surface area contributed by atoms with E-state index in [1.807, 2.05) is 29.3 Å². The van der Waals surface area contributed by atoms with Gasteiger partial charge in [0.05, 0.1) is 11.9 Å². The average molecular weight is 187 g/mol. The molecule has 0 radical (unpaired) electrons. The number of rotatable bonds is 2. The van der Waals surface area contributed by atoms with Gasteiger partial charge in [0.25, 0.3) is 0 Å². The van der Waals surface area contributed by atoms with Crippen molar-refractivity contribution < 1.29 is 0 Å². The van der Waals surface area contributed by atoms with E-state index in [0.717, 1.165) is 5.69 Å². The van der Waals surface area contributed by atoms with Crippen molar-refractivity contribution in [3.8, 4) is 5.69 Å². The lowest BCUT2D eigenvalue weighted by atomic mass is 10.1. The molecule has 2 heterocycles. The number of hydrogen-bond donors (Lipinski definition) is 0. The Labute approximate surface area is 83.4 Å². The van der Waals surface area contributed by atoms with Crippen molar-refractivity contribution in [1.82, 2.24) is 14.8 Å². The van der Waals surface area contributed by atoms with E-state index in [4.69, 9.17) is 0 Å². The summed E-state index contributed by atoms with van der Waals surface area (Å²) in [7, 11) is 0. The molecular formula is C11H13N3. The Morgan fingerprint density at radius 3 is 2.79 bits per heavy atom. The van der Waals surface area contributed by atoms with Crippen molar-refractivity contribution in [3.05, 3.63) is 42.5 Å². The molecule has 0 N–H and O–H groups in total. The Morgan fingerprint density at radius 1 is 1.29 bits per heavy atom. The summed E-state index contributed by atoms with van der Waals surface area (Å²) in [6.45, 7) is 4.31. The summed E-state index contributed by atoms with van der Waals surface area (Å²) in [4.78, 5) is 4.20. The highest BCUT2D eigenvalue weighted by molar-refractivity contribution is 5.32. The van der Waals surface area contributed by atoms with Gasteiger partial charge in [0.2, 0.25) is 0 Å². The quantitative estimate of drug-likeness (QED) is 0.722. The summed E-state index contributed by atoms with van der Waals surface area (Å²) in [6, 6.07) is 4.02. The third kappa shape index (κ3) is 1.66. The van der Waals surface area contributed by atoms with Crippen LogP contribution in [0.4, 0.5) is 0 Å². The molecular weight excluding hydrogens is 174 g/mol. The zero-order valence-electron chi connectivity index (χ0n) is 8.38. The molecule has 0 fully saturated rings. The van der Waals surface area contributed by atoms with Crippen LogP contribution >= 0.6 is 0 Å².